The van der Waals surface area contributed by atoms with E-state index in [1.807, 2.05) is 0 Å². The topological polar surface area (TPSA) is 62.2 Å². The number of nitrogens with zero attached hydrogens (tertiary/aromatic N) is 1. The molecule has 1 aromatic carbocycles. The number of hydrogen-bond acceptors (Lipinski definition) is 3. The van der Waals surface area contributed by atoms with Gasteiger partial charge >= 0.3 is 5.97 Å². The van der Waals surface area contributed by atoms with Crippen LogP contribution in [0.15, 0.2) is 36.5 Å². The molecule has 0 aliphatic carbocycles. The van der Waals surface area contributed by atoms with E-state index in [1.165, 1.54) is 30.5 Å². The van der Waals surface area contributed by atoms with Gasteiger partial charge in [-0.1, -0.05) is 0 Å². The largest absolute Gasteiger partial charge is 0.478 e. The van der Waals surface area contributed by atoms with E-state index >= 15 is 0 Å². The lowest BCUT2D eigenvalue weighted by atomic mass is 10.1. The third-order valence-corrected chi connectivity index (χ3v) is 2.48. The number of benzene rings is 1. The Bertz CT molecular complexity index is 582. The lowest BCUT2D eigenvalue weighted by molar-refractivity contribution is 0.0697. The number of nitrogens with one attached hydrogen (secondary N) is 1. The first-order chi connectivity index (χ1) is 8.58. The second-order valence-electron chi connectivity index (χ2n) is 3.79. The number of carboxylic acid groups (broad SMARTS) is 1. The summed E-state index contributed by atoms with van der Waals surface area (Å²) < 4.78 is 12.8. The molecule has 0 spiro atoms. The van der Waals surface area contributed by atoms with Crippen molar-refractivity contribution in [3.05, 3.63) is 53.5 Å². The van der Waals surface area contributed by atoms with E-state index in [9.17, 15) is 9.18 Å². The van der Waals surface area contributed by atoms with Crippen molar-refractivity contribution < 1.29 is 14.3 Å². The standard InChI is InChI=1S/C13H11FN2O2/c1-8-6-7-15-12(11(8)13(17)18)16-10-4-2-9(14)3-5-10/h2-7H,1H3,(H,15,16)(H,17,18). The van der Waals surface area contributed by atoms with E-state index in [0.717, 1.165) is 0 Å². The summed E-state index contributed by atoms with van der Waals surface area (Å²) >= 11 is 0. The molecule has 0 unspecified atom stereocenters. The second-order valence-corrected chi connectivity index (χ2v) is 3.79. The Hall–Kier alpha value is -2.43. The smallest absolute Gasteiger partial charge is 0.339 e. The maximum atomic E-state index is 12.8. The molecule has 0 radical (unpaired) electrons. The Morgan fingerprint density at radius 3 is 2.56 bits per heavy atom. The fourth-order valence-corrected chi connectivity index (χ4v) is 1.59. The number of anilines is 2. The first-order valence-corrected chi connectivity index (χ1v) is 5.29. The number of aromatic nitrogens is 1. The highest BCUT2D eigenvalue weighted by Crippen LogP contribution is 2.21. The SMILES string of the molecule is Cc1ccnc(Nc2ccc(F)cc2)c1C(=O)O. The third-order valence-electron chi connectivity index (χ3n) is 2.48. The minimum absolute atomic E-state index is 0.113. The van der Waals surface area contributed by atoms with Gasteiger partial charge in [0.25, 0.3) is 0 Å². The van der Waals surface area contributed by atoms with Crippen LogP contribution in [0.3, 0.4) is 0 Å². The average molecular weight is 246 g/mol. The number of halogens is 1. The molecule has 18 heavy (non-hydrogen) atoms. The van der Waals surface area contributed by atoms with E-state index in [4.69, 9.17) is 5.11 Å². The van der Waals surface area contributed by atoms with Crippen molar-refractivity contribution in [2.75, 3.05) is 5.32 Å². The number of hydrogen-bond donors (Lipinski definition) is 2. The molecule has 4 nitrogen and oxygen atoms in total. The Labute approximate surface area is 103 Å². The monoisotopic (exact) mass is 246 g/mol. The van der Waals surface area contributed by atoms with Crippen LogP contribution in [0.1, 0.15) is 15.9 Å². The van der Waals surface area contributed by atoms with E-state index in [2.05, 4.69) is 10.3 Å². The van der Waals surface area contributed by atoms with Crippen LogP contribution in [0.5, 0.6) is 0 Å². The average Bonchev–Trinajstić information content (AvgIpc) is 2.32. The van der Waals surface area contributed by atoms with Gasteiger partial charge in [-0.05, 0) is 42.8 Å². The number of aryl methyl sites for hydroxylation is 1. The molecule has 5 heteroatoms. The number of carbonyl (C=O) groups is 1. The fourth-order valence-electron chi connectivity index (χ4n) is 1.59. The zero-order valence-corrected chi connectivity index (χ0v) is 9.64. The molecule has 92 valence electrons. The Kier molecular flexibility index (Phi) is 3.23. The van der Waals surface area contributed by atoms with E-state index < -0.39 is 5.97 Å². The van der Waals surface area contributed by atoms with Gasteiger partial charge in [-0.25, -0.2) is 14.2 Å². The minimum atomic E-state index is -1.05. The summed E-state index contributed by atoms with van der Waals surface area (Å²) in [5, 5.41) is 12.0. The van der Waals surface area contributed by atoms with Crippen LogP contribution in [0.2, 0.25) is 0 Å². The Morgan fingerprint density at radius 1 is 1.28 bits per heavy atom. The zero-order valence-electron chi connectivity index (χ0n) is 9.64. The highest BCUT2D eigenvalue weighted by Gasteiger charge is 2.14. The summed E-state index contributed by atoms with van der Waals surface area (Å²) in [6.07, 6.45) is 1.52. The molecular weight excluding hydrogens is 235 g/mol. The number of pyridine rings is 1. The van der Waals surface area contributed by atoms with Crippen LogP contribution in [0, 0.1) is 12.7 Å². The quantitative estimate of drug-likeness (QED) is 0.874. The van der Waals surface area contributed by atoms with E-state index in [-0.39, 0.29) is 17.2 Å². The van der Waals surface area contributed by atoms with Crippen molar-refractivity contribution in [1.82, 2.24) is 4.98 Å². The van der Waals surface area contributed by atoms with Crippen molar-refractivity contribution in [2.24, 2.45) is 0 Å². The van der Waals surface area contributed by atoms with Crippen LogP contribution < -0.4 is 5.32 Å². The highest BCUT2D eigenvalue weighted by atomic mass is 19.1. The normalized spacial score (nSPS) is 10.1. The van der Waals surface area contributed by atoms with Gasteiger partial charge in [0, 0.05) is 11.9 Å². The molecule has 1 aromatic heterocycles. The van der Waals surface area contributed by atoms with Gasteiger partial charge in [-0.2, -0.15) is 0 Å². The highest BCUT2D eigenvalue weighted by molar-refractivity contribution is 5.95. The molecule has 0 aliphatic heterocycles. The molecule has 2 aromatic rings. The van der Waals surface area contributed by atoms with Gasteiger partial charge in [-0.15, -0.1) is 0 Å². The molecule has 0 saturated heterocycles. The number of carboxylic acids is 1. The zero-order chi connectivity index (χ0) is 13.1. The minimum Gasteiger partial charge on any atom is -0.478 e. The molecule has 1 heterocycles. The summed E-state index contributed by atoms with van der Waals surface area (Å²) in [7, 11) is 0. The molecular formula is C13H11FN2O2. The van der Waals surface area contributed by atoms with Crippen LogP contribution in [0.4, 0.5) is 15.9 Å². The first kappa shape index (κ1) is 12.0. The van der Waals surface area contributed by atoms with Gasteiger partial charge in [0.2, 0.25) is 0 Å². The second kappa shape index (κ2) is 4.83. The van der Waals surface area contributed by atoms with Gasteiger partial charge in [0.1, 0.15) is 17.2 Å². The van der Waals surface area contributed by atoms with Gasteiger partial charge in [0.05, 0.1) is 0 Å². The van der Waals surface area contributed by atoms with Crippen molar-refractivity contribution >= 4 is 17.5 Å². The van der Waals surface area contributed by atoms with Crippen molar-refractivity contribution in [3.8, 4) is 0 Å². The van der Waals surface area contributed by atoms with E-state index in [0.29, 0.717) is 11.3 Å². The lowest BCUT2D eigenvalue weighted by Gasteiger charge is -2.10. The molecule has 2 N–H and O–H groups in total. The summed E-state index contributed by atoms with van der Waals surface area (Å²) in [5.41, 5.74) is 1.31. The first-order valence-electron chi connectivity index (χ1n) is 5.29. The number of rotatable bonds is 3. The van der Waals surface area contributed by atoms with Crippen molar-refractivity contribution in [1.29, 1.82) is 0 Å². The summed E-state index contributed by atoms with van der Waals surface area (Å²) in [6, 6.07) is 7.24. The van der Waals surface area contributed by atoms with Crippen LogP contribution in [-0.2, 0) is 0 Å². The predicted molar refractivity (Wildman–Crippen MR) is 65.6 cm³/mol. The van der Waals surface area contributed by atoms with E-state index in [1.54, 1.807) is 13.0 Å². The van der Waals surface area contributed by atoms with Crippen LogP contribution >= 0.6 is 0 Å². The molecule has 2 rings (SSSR count). The Morgan fingerprint density at radius 2 is 1.94 bits per heavy atom. The Balaban J connectivity index is 2.37. The molecule has 0 atom stereocenters. The fraction of sp³-hybridized carbons (Fsp3) is 0.0769. The summed E-state index contributed by atoms with van der Waals surface area (Å²) in [5.74, 6) is -1.16. The van der Waals surface area contributed by atoms with Crippen molar-refractivity contribution in [3.63, 3.8) is 0 Å². The van der Waals surface area contributed by atoms with Crippen LogP contribution in [-0.4, -0.2) is 16.1 Å². The third kappa shape index (κ3) is 2.45. The molecule has 0 fully saturated rings. The predicted octanol–water partition coefficient (Wildman–Crippen LogP) is 2.97. The van der Waals surface area contributed by atoms with Gasteiger partial charge in [-0.3, -0.25) is 0 Å². The van der Waals surface area contributed by atoms with Crippen molar-refractivity contribution in [2.45, 2.75) is 6.92 Å². The number of aromatic carboxylic acids is 1. The van der Waals surface area contributed by atoms with Crippen LogP contribution in [0.25, 0.3) is 0 Å². The summed E-state index contributed by atoms with van der Waals surface area (Å²) in [6.45, 7) is 1.70. The molecule has 0 amide bonds. The molecule has 0 bridgehead atoms. The molecule has 0 saturated carbocycles. The maximum Gasteiger partial charge on any atom is 0.339 e. The maximum absolute atomic E-state index is 12.8. The molecule has 0 aliphatic rings. The lowest BCUT2D eigenvalue weighted by Crippen LogP contribution is -2.07. The summed E-state index contributed by atoms with van der Waals surface area (Å²) in [4.78, 5) is 15.1. The van der Waals surface area contributed by atoms with Gasteiger partial charge in [0.15, 0.2) is 0 Å². The van der Waals surface area contributed by atoms with Gasteiger partial charge < -0.3 is 10.4 Å².